The van der Waals surface area contributed by atoms with Crippen molar-refractivity contribution in [1.29, 1.82) is 0 Å². The van der Waals surface area contributed by atoms with E-state index in [0.29, 0.717) is 0 Å². The maximum absolute atomic E-state index is 4.59. The molecule has 0 aromatic heterocycles. The van der Waals surface area contributed by atoms with Crippen molar-refractivity contribution in [3.63, 3.8) is 0 Å². The van der Waals surface area contributed by atoms with Crippen molar-refractivity contribution >= 4 is 28.6 Å². The van der Waals surface area contributed by atoms with Gasteiger partial charge in [-0.05, 0) is 4.83 Å². The van der Waals surface area contributed by atoms with Crippen molar-refractivity contribution in [1.82, 2.24) is 0 Å². The first-order valence-corrected chi connectivity index (χ1v) is 2.95. The second-order valence-electron chi connectivity index (χ2n) is 0.725. The Morgan fingerprint density at radius 1 is 1.67 bits per heavy atom. The van der Waals surface area contributed by atoms with Crippen molar-refractivity contribution in [2.75, 3.05) is 5.75 Å². The van der Waals surface area contributed by atoms with Crippen LogP contribution in [0.4, 0.5) is 0 Å². The quantitative estimate of drug-likeness (QED) is 0.519. The predicted molar refractivity (Wildman–Crippen MR) is 33.8 cm³/mol. The molecule has 0 atom stereocenters. The lowest BCUT2D eigenvalue weighted by molar-refractivity contribution is 1.31. The molecule has 0 aliphatic heterocycles. The third kappa shape index (κ3) is 4.39. The summed E-state index contributed by atoms with van der Waals surface area (Å²) in [7, 11) is 0. The highest BCUT2D eigenvalue weighted by Crippen LogP contribution is 1.79. The van der Waals surface area contributed by atoms with Gasteiger partial charge in [-0.3, -0.25) is 0 Å². The van der Waals surface area contributed by atoms with Crippen molar-refractivity contribution in [3.8, 4) is 10.8 Å². The normalized spacial score (nSPS) is 6.33. The van der Waals surface area contributed by atoms with Crippen LogP contribution in [0, 0.1) is 10.8 Å². The Hall–Kier alpha value is 0.390. The SMILES string of the molecule is [S]CCC#CBr. The Morgan fingerprint density at radius 3 is 2.50 bits per heavy atom. The van der Waals surface area contributed by atoms with Crippen LogP contribution in [0.5, 0.6) is 0 Å². The zero-order chi connectivity index (χ0) is 4.83. The molecule has 0 amide bonds. The van der Waals surface area contributed by atoms with E-state index in [0.717, 1.165) is 12.2 Å². The molecule has 0 N–H and O–H groups in total. The zero-order valence-corrected chi connectivity index (χ0v) is 5.60. The van der Waals surface area contributed by atoms with E-state index < -0.39 is 0 Å². The van der Waals surface area contributed by atoms with Gasteiger partial charge in [0.2, 0.25) is 0 Å². The van der Waals surface area contributed by atoms with Gasteiger partial charge in [0.15, 0.2) is 0 Å². The summed E-state index contributed by atoms with van der Waals surface area (Å²) in [5, 5.41) is 0. The Labute approximate surface area is 51.9 Å². The number of hydrogen-bond donors (Lipinski definition) is 0. The summed E-state index contributed by atoms with van der Waals surface area (Å²) in [6.45, 7) is 0. The van der Waals surface area contributed by atoms with Crippen molar-refractivity contribution < 1.29 is 0 Å². The van der Waals surface area contributed by atoms with Crippen LogP contribution in [0.2, 0.25) is 0 Å². The third-order valence-corrected chi connectivity index (χ3v) is 0.778. The number of halogens is 1. The molecule has 0 heterocycles. The second kappa shape index (κ2) is 5.39. The fourth-order valence-corrected chi connectivity index (χ4v) is 0.399. The fourth-order valence-electron chi connectivity index (χ4n) is 0.0983. The van der Waals surface area contributed by atoms with Gasteiger partial charge in [0, 0.05) is 28.1 Å². The molecule has 1 radical (unpaired) electrons. The van der Waals surface area contributed by atoms with Gasteiger partial charge in [-0.25, -0.2) is 0 Å². The van der Waals surface area contributed by atoms with E-state index in [4.69, 9.17) is 0 Å². The lowest BCUT2D eigenvalue weighted by Gasteiger charge is -1.69. The zero-order valence-electron chi connectivity index (χ0n) is 3.20. The maximum Gasteiger partial charge on any atom is 0.0197 e. The van der Waals surface area contributed by atoms with Gasteiger partial charge in [0.25, 0.3) is 0 Å². The number of hydrogen-bond acceptors (Lipinski definition) is 0. The van der Waals surface area contributed by atoms with Crippen LogP contribution in [0.1, 0.15) is 6.42 Å². The summed E-state index contributed by atoms with van der Waals surface area (Å²) in [6.07, 6.45) is 0.820. The molecule has 0 saturated carbocycles. The van der Waals surface area contributed by atoms with E-state index >= 15 is 0 Å². The van der Waals surface area contributed by atoms with Crippen LogP contribution in [0.25, 0.3) is 0 Å². The summed E-state index contributed by atoms with van der Waals surface area (Å²) in [4.78, 5) is 2.56. The van der Waals surface area contributed by atoms with Crippen LogP contribution in [-0.4, -0.2) is 5.75 Å². The highest BCUT2D eigenvalue weighted by atomic mass is 79.9. The highest BCUT2D eigenvalue weighted by molar-refractivity contribution is 9.12. The average molecular weight is 164 g/mol. The molecule has 0 nitrogen and oxygen atoms in total. The van der Waals surface area contributed by atoms with Crippen LogP contribution in [0.3, 0.4) is 0 Å². The molecular weight excluding hydrogens is 160 g/mol. The molecule has 0 aliphatic carbocycles. The molecule has 0 aromatic rings. The third-order valence-electron chi connectivity index (χ3n) is 0.294. The van der Waals surface area contributed by atoms with Gasteiger partial charge in [-0.15, -0.1) is 0 Å². The standard InChI is InChI=1S/C4H4BrS/c5-3-1-2-4-6/h2,4H2. The van der Waals surface area contributed by atoms with Crippen molar-refractivity contribution in [2.45, 2.75) is 6.42 Å². The maximum atomic E-state index is 4.59. The monoisotopic (exact) mass is 163 g/mol. The Balaban J connectivity index is 2.79. The smallest absolute Gasteiger partial charge is 0.0197 e. The molecule has 0 bridgehead atoms. The highest BCUT2D eigenvalue weighted by Gasteiger charge is 1.66. The molecule has 0 unspecified atom stereocenters. The summed E-state index contributed by atoms with van der Waals surface area (Å²) >= 11 is 7.54. The molecule has 0 rings (SSSR count). The summed E-state index contributed by atoms with van der Waals surface area (Å²) < 4.78 is 0. The molecule has 0 fully saturated rings. The van der Waals surface area contributed by atoms with Gasteiger partial charge in [-0.1, -0.05) is 18.5 Å². The largest absolute Gasteiger partial charge is 0.0931 e. The van der Waals surface area contributed by atoms with Crippen LogP contribution < -0.4 is 0 Å². The first-order valence-electron chi connectivity index (χ1n) is 1.58. The van der Waals surface area contributed by atoms with Gasteiger partial charge in [0.1, 0.15) is 0 Å². The Kier molecular flexibility index (Phi) is 5.74. The van der Waals surface area contributed by atoms with E-state index in [9.17, 15) is 0 Å². The van der Waals surface area contributed by atoms with E-state index in [1.165, 1.54) is 0 Å². The van der Waals surface area contributed by atoms with Gasteiger partial charge < -0.3 is 0 Å². The molecule has 0 aromatic carbocycles. The minimum atomic E-state index is 0.735. The summed E-state index contributed by atoms with van der Waals surface area (Å²) in [6, 6.07) is 0. The molecule has 33 valence electrons. The lowest BCUT2D eigenvalue weighted by atomic mass is 10.5. The average Bonchev–Trinajstić information content (AvgIpc) is 1.61. The molecular formula is C4H4BrS. The molecule has 2 heteroatoms. The predicted octanol–water partition coefficient (Wildman–Crippen LogP) is 1.93. The van der Waals surface area contributed by atoms with Crippen LogP contribution in [-0.2, 0) is 0 Å². The fraction of sp³-hybridized carbons (Fsp3) is 0.500. The van der Waals surface area contributed by atoms with E-state index in [-0.39, 0.29) is 0 Å². The molecule has 0 aliphatic rings. The molecule has 0 spiro atoms. The van der Waals surface area contributed by atoms with E-state index in [2.05, 4.69) is 39.3 Å². The van der Waals surface area contributed by atoms with Gasteiger partial charge >= 0.3 is 0 Å². The first-order chi connectivity index (χ1) is 2.91. The number of rotatable bonds is 1. The van der Waals surface area contributed by atoms with Crippen LogP contribution >= 0.6 is 28.6 Å². The minimum absolute atomic E-state index is 0.735. The topological polar surface area (TPSA) is 0 Å². The Morgan fingerprint density at radius 2 is 2.33 bits per heavy atom. The first kappa shape index (κ1) is 6.39. The van der Waals surface area contributed by atoms with Crippen LogP contribution in [0.15, 0.2) is 0 Å². The summed E-state index contributed by atoms with van der Waals surface area (Å²) in [5.74, 6) is 3.50. The van der Waals surface area contributed by atoms with Gasteiger partial charge in [-0.2, -0.15) is 0 Å². The van der Waals surface area contributed by atoms with Crippen molar-refractivity contribution in [3.05, 3.63) is 0 Å². The molecule has 6 heavy (non-hydrogen) atoms. The van der Waals surface area contributed by atoms with Crippen molar-refractivity contribution in [2.24, 2.45) is 0 Å². The lowest BCUT2D eigenvalue weighted by Crippen LogP contribution is -1.62. The minimum Gasteiger partial charge on any atom is -0.0931 e. The Bertz CT molecular complexity index is 69.4. The van der Waals surface area contributed by atoms with Gasteiger partial charge in [0.05, 0.1) is 0 Å². The van der Waals surface area contributed by atoms with E-state index in [1.54, 1.807) is 0 Å². The van der Waals surface area contributed by atoms with E-state index in [1.807, 2.05) is 0 Å². The summed E-state index contributed by atoms with van der Waals surface area (Å²) in [5.41, 5.74) is 0. The second-order valence-corrected chi connectivity index (χ2v) is 1.53. The molecule has 0 saturated heterocycles.